The summed E-state index contributed by atoms with van der Waals surface area (Å²) >= 11 is 0. The molecule has 132 valence electrons. The average molecular weight is 353 g/mol. The van der Waals surface area contributed by atoms with Gasteiger partial charge < -0.3 is 9.64 Å². The number of rotatable bonds is 0. The van der Waals surface area contributed by atoms with Crippen LogP contribution in [0.25, 0.3) is 10.8 Å². The maximum Gasteiger partial charge on any atom is 0.228 e. The highest BCUT2D eigenvalue weighted by atomic mass is 16.5. The zero-order valence-corrected chi connectivity index (χ0v) is 15.5. The molecule has 0 saturated carbocycles. The van der Waals surface area contributed by atoms with Crippen LogP contribution in [0.1, 0.15) is 25.0 Å². The molecule has 2 aliphatic rings. The first-order valence-corrected chi connectivity index (χ1v) is 9.02. The normalized spacial score (nSPS) is 21.6. The number of hydrogen-bond acceptors (Lipinski definition) is 4. The standard InChI is InChI=1S/C23H19N3O/c1-22(2)18-10-8-15(13-24)12-19(18)26(3)23(22)14-25-21-17-7-5-4-6-16(17)9-11-20(21)27-23/h4-12,14H,1-3H3. The van der Waals surface area contributed by atoms with E-state index in [2.05, 4.69) is 43.0 Å². The molecule has 0 saturated heterocycles. The minimum absolute atomic E-state index is 0.335. The molecule has 0 N–H and O–H groups in total. The summed E-state index contributed by atoms with van der Waals surface area (Å²) in [6.07, 6.45) is 1.92. The Balaban J connectivity index is 1.70. The third-order valence-electron chi connectivity index (χ3n) is 6.05. The van der Waals surface area contributed by atoms with Gasteiger partial charge in [0.25, 0.3) is 0 Å². The zero-order chi connectivity index (χ0) is 18.8. The second kappa shape index (κ2) is 5.11. The smallest absolute Gasteiger partial charge is 0.228 e. The number of nitriles is 1. The number of likely N-dealkylation sites (N-methyl/N-ethyl adjacent to an activating group) is 1. The quantitative estimate of drug-likeness (QED) is 0.576. The summed E-state index contributed by atoms with van der Waals surface area (Å²) in [6, 6.07) is 20.3. The van der Waals surface area contributed by atoms with E-state index in [-0.39, 0.29) is 5.41 Å². The predicted octanol–water partition coefficient (Wildman–Crippen LogP) is 4.93. The van der Waals surface area contributed by atoms with E-state index in [1.54, 1.807) is 0 Å². The van der Waals surface area contributed by atoms with Crippen molar-refractivity contribution in [2.45, 2.75) is 25.0 Å². The first-order valence-electron chi connectivity index (χ1n) is 9.02. The van der Waals surface area contributed by atoms with Crippen molar-refractivity contribution in [1.29, 1.82) is 5.26 Å². The van der Waals surface area contributed by atoms with Crippen LogP contribution in [0.3, 0.4) is 0 Å². The lowest BCUT2D eigenvalue weighted by molar-refractivity contribution is 0.0826. The molecule has 1 atom stereocenters. The third-order valence-corrected chi connectivity index (χ3v) is 6.05. The second-order valence-electron chi connectivity index (χ2n) is 7.72. The summed E-state index contributed by atoms with van der Waals surface area (Å²) < 4.78 is 6.67. The fraction of sp³-hybridized carbons (Fsp3) is 0.217. The van der Waals surface area contributed by atoms with Crippen LogP contribution in [0, 0.1) is 11.3 Å². The van der Waals surface area contributed by atoms with E-state index >= 15 is 0 Å². The molecular formula is C23H19N3O. The van der Waals surface area contributed by atoms with Crippen molar-refractivity contribution in [2.24, 2.45) is 4.99 Å². The van der Waals surface area contributed by atoms with Crippen molar-refractivity contribution >= 4 is 28.4 Å². The molecule has 3 aromatic carbocycles. The van der Waals surface area contributed by atoms with Gasteiger partial charge in [-0.2, -0.15) is 5.26 Å². The number of fused-ring (bicyclic) bond motifs is 4. The van der Waals surface area contributed by atoms with Crippen LogP contribution < -0.4 is 9.64 Å². The number of nitrogens with zero attached hydrogens (tertiary/aromatic N) is 3. The Morgan fingerprint density at radius 3 is 2.70 bits per heavy atom. The minimum Gasteiger partial charge on any atom is -0.459 e. The molecule has 4 heteroatoms. The fourth-order valence-corrected chi connectivity index (χ4v) is 4.44. The maximum absolute atomic E-state index is 9.29. The van der Waals surface area contributed by atoms with Crippen LogP contribution >= 0.6 is 0 Å². The lowest BCUT2D eigenvalue weighted by atomic mass is 9.77. The lowest BCUT2D eigenvalue weighted by Crippen LogP contribution is -2.61. The first kappa shape index (κ1) is 15.9. The van der Waals surface area contributed by atoms with E-state index in [0.29, 0.717) is 5.56 Å². The van der Waals surface area contributed by atoms with Crippen LogP contribution in [-0.4, -0.2) is 19.0 Å². The van der Waals surface area contributed by atoms with Gasteiger partial charge in [-0.3, -0.25) is 4.99 Å². The van der Waals surface area contributed by atoms with E-state index in [9.17, 15) is 5.26 Å². The largest absolute Gasteiger partial charge is 0.459 e. The molecule has 1 unspecified atom stereocenters. The molecule has 0 aromatic heterocycles. The molecule has 3 aromatic rings. The van der Waals surface area contributed by atoms with Gasteiger partial charge in [0.05, 0.1) is 23.3 Å². The van der Waals surface area contributed by atoms with Crippen molar-refractivity contribution in [1.82, 2.24) is 0 Å². The zero-order valence-electron chi connectivity index (χ0n) is 15.5. The lowest BCUT2D eigenvalue weighted by Gasteiger charge is -2.45. The van der Waals surface area contributed by atoms with Crippen molar-refractivity contribution in [3.8, 4) is 11.8 Å². The first-order chi connectivity index (χ1) is 13.0. The van der Waals surface area contributed by atoms with E-state index in [1.165, 1.54) is 0 Å². The molecule has 5 rings (SSSR count). The molecular weight excluding hydrogens is 334 g/mol. The van der Waals surface area contributed by atoms with Gasteiger partial charge in [-0.15, -0.1) is 0 Å². The Kier molecular flexibility index (Phi) is 3.01. The highest BCUT2D eigenvalue weighted by Crippen LogP contribution is 2.54. The van der Waals surface area contributed by atoms with Gasteiger partial charge in [-0.05, 0) is 43.0 Å². The maximum atomic E-state index is 9.29. The third kappa shape index (κ3) is 1.89. The van der Waals surface area contributed by atoms with E-state index in [4.69, 9.17) is 9.73 Å². The number of hydrogen-bond donors (Lipinski definition) is 0. The molecule has 2 heterocycles. The topological polar surface area (TPSA) is 48.6 Å². The molecule has 0 aliphatic carbocycles. The van der Waals surface area contributed by atoms with Crippen molar-refractivity contribution in [3.63, 3.8) is 0 Å². The fourth-order valence-electron chi connectivity index (χ4n) is 4.44. The van der Waals surface area contributed by atoms with Crippen LogP contribution in [0.2, 0.25) is 0 Å². The molecule has 0 fully saturated rings. The van der Waals surface area contributed by atoms with Crippen molar-refractivity contribution in [2.75, 3.05) is 11.9 Å². The van der Waals surface area contributed by atoms with Crippen LogP contribution in [0.4, 0.5) is 11.4 Å². The van der Waals surface area contributed by atoms with Crippen molar-refractivity contribution < 1.29 is 4.74 Å². The number of anilines is 1. The Bertz CT molecular complexity index is 1170. The number of benzene rings is 3. The summed E-state index contributed by atoms with van der Waals surface area (Å²) in [7, 11) is 2.01. The Morgan fingerprint density at radius 2 is 1.89 bits per heavy atom. The number of ether oxygens (including phenoxy) is 1. The van der Waals surface area contributed by atoms with Gasteiger partial charge in [0.2, 0.25) is 5.72 Å². The molecule has 0 radical (unpaired) electrons. The SMILES string of the molecule is CN1c2cc(C#N)ccc2C(C)(C)C12C=Nc1c(ccc3ccccc13)O2. The van der Waals surface area contributed by atoms with Crippen LogP contribution in [0.5, 0.6) is 5.75 Å². The number of aliphatic imine (C=N–C) groups is 1. The summed E-state index contributed by atoms with van der Waals surface area (Å²) in [5.74, 6) is 0.782. The summed E-state index contributed by atoms with van der Waals surface area (Å²) in [5.41, 5.74) is 2.61. The van der Waals surface area contributed by atoms with Gasteiger partial charge in [0.15, 0.2) is 0 Å². The minimum atomic E-state index is -0.737. The molecule has 0 amide bonds. The van der Waals surface area contributed by atoms with Gasteiger partial charge in [-0.1, -0.05) is 36.4 Å². The highest BCUT2D eigenvalue weighted by molar-refractivity contribution is 5.99. The van der Waals surface area contributed by atoms with Crippen LogP contribution in [-0.2, 0) is 5.41 Å². The molecule has 0 bridgehead atoms. The predicted molar refractivity (Wildman–Crippen MR) is 108 cm³/mol. The van der Waals surface area contributed by atoms with Gasteiger partial charge >= 0.3 is 0 Å². The monoisotopic (exact) mass is 353 g/mol. The van der Waals surface area contributed by atoms with E-state index in [0.717, 1.165) is 33.5 Å². The van der Waals surface area contributed by atoms with Gasteiger partial charge in [-0.25, -0.2) is 0 Å². The van der Waals surface area contributed by atoms with Gasteiger partial charge in [0, 0.05) is 18.1 Å². The average Bonchev–Trinajstić information content (AvgIpc) is 2.86. The summed E-state index contributed by atoms with van der Waals surface area (Å²) in [5, 5.41) is 11.5. The Morgan fingerprint density at radius 1 is 1.07 bits per heavy atom. The molecule has 1 spiro atoms. The molecule has 2 aliphatic heterocycles. The van der Waals surface area contributed by atoms with Gasteiger partial charge in [0.1, 0.15) is 11.4 Å². The van der Waals surface area contributed by atoms with E-state index < -0.39 is 5.72 Å². The summed E-state index contributed by atoms with van der Waals surface area (Å²) in [6.45, 7) is 4.33. The molecule has 27 heavy (non-hydrogen) atoms. The highest BCUT2D eigenvalue weighted by Gasteiger charge is 2.58. The van der Waals surface area contributed by atoms with Crippen LogP contribution in [0.15, 0.2) is 59.6 Å². The molecule has 4 nitrogen and oxygen atoms in total. The Labute approximate surface area is 158 Å². The van der Waals surface area contributed by atoms with Crippen molar-refractivity contribution in [3.05, 3.63) is 65.7 Å². The second-order valence-corrected chi connectivity index (χ2v) is 7.72. The summed E-state index contributed by atoms with van der Waals surface area (Å²) in [4.78, 5) is 6.97. The van der Waals surface area contributed by atoms with E-state index in [1.807, 2.05) is 49.7 Å². The Hall–Kier alpha value is -3.32.